The van der Waals surface area contributed by atoms with Crippen molar-refractivity contribution in [2.45, 2.75) is 70.9 Å². The largest absolute Gasteiger partial charge is 0.471 e. The molecular weight excluding hydrogens is 620 g/mol. The van der Waals surface area contributed by atoms with Gasteiger partial charge < -0.3 is 25.7 Å². The Kier molecular flexibility index (Phi) is 10.1. The molecule has 1 aromatic carbocycles. The summed E-state index contributed by atoms with van der Waals surface area (Å²) < 4.78 is 111. The van der Waals surface area contributed by atoms with Gasteiger partial charge in [0.2, 0.25) is 17.7 Å². The van der Waals surface area contributed by atoms with Crippen molar-refractivity contribution >= 4 is 34.6 Å². The maximum Gasteiger partial charge on any atom is 0.418 e. The molecule has 0 radical (unpaired) electrons. The second-order valence-corrected chi connectivity index (χ2v) is 10.9. The van der Waals surface area contributed by atoms with Crippen LogP contribution in [-0.2, 0) is 17.5 Å². The summed E-state index contributed by atoms with van der Waals surface area (Å²) >= 11 is 0. The Morgan fingerprint density at radius 3 is 2.31 bits per heavy atom. The molecule has 0 spiro atoms. The molecule has 1 aliphatic rings. The lowest BCUT2D eigenvalue weighted by atomic mass is 9.85. The molecule has 4 N–H and O–H groups in total. The molecule has 17 heteroatoms. The number of anilines is 2. The van der Waals surface area contributed by atoms with E-state index >= 15 is 0 Å². The fourth-order valence-electron chi connectivity index (χ4n) is 4.80. The summed E-state index contributed by atoms with van der Waals surface area (Å²) in [6.45, 7) is 2.13. The van der Waals surface area contributed by atoms with Crippen molar-refractivity contribution in [1.29, 1.82) is 0 Å². The van der Waals surface area contributed by atoms with Crippen LogP contribution >= 0.6 is 0 Å². The van der Waals surface area contributed by atoms with Gasteiger partial charge in [-0.1, -0.05) is 19.9 Å². The minimum atomic E-state index is -4.77. The van der Waals surface area contributed by atoms with Crippen LogP contribution in [0.3, 0.4) is 0 Å². The average Bonchev–Trinajstić information content (AvgIpc) is 3.34. The molecule has 0 unspecified atom stereocenters. The summed E-state index contributed by atoms with van der Waals surface area (Å²) in [5.41, 5.74) is -1.59. The lowest BCUT2D eigenvalue weighted by Gasteiger charge is -2.30. The van der Waals surface area contributed by atoms with Crippen LogP contribution in [0.25, 0.3) is 11.2 Å². The van der Waals surface area contributed by atoms with Crippen LogP contribution in [0.4, 0.5) is 46.8 Å². The number of rotatable bonds is 10. The van der Waals surface area contributed by atoms with Crippen molar-refractivity contribution in [1.82, 2.24) is 25.6 Å². The molecule has 0 aliphatic heterocycles. The van der Waals surface area contributed by atoms with Gasteiger partial charge in [-0.15, -0.1) is 0 Å². The van der Waals surface area contributed by atoms with E-state index in [2.05, 4.69) is 30.9 Å². The van der Waals surface area contributed by atoms with Gasteiger partial charge in [0.15, 0.2) is 12.3 Å². The number of ether oxygens (including phenoxy) is 1. The molecule has 0 atom stereocenters. The molecule has 2 aromatic heterocycles. The number of hydrogen-bond donors (Lipinski definition) is 4. The molecule has 1 fully saturated rings. The van der Waals surface area contributed by atoms with E-state index in [0.717, 1.165) is 12.1 Å². The summed E-state index contributed by atoms with van der Waals surface area (Å²) in [5, 5.41) is 7.73. The number of H-pyrrole nitrogens is 1. The van der Waals surface area contributed by atoms with Crippen LogP contribution in [0.15, 0.2) is 24.3 Å². The molecule has 9 nitrogen and oxygen atoms in total. The van der Waals surface area contributed by atoms with Crippen LogP contribution in [0, 0.1) is 11.8 Å². The van der Waals surface area contributed by atoms with Gasteiger partial charge in [-0.05, 0) is 49.4 Å². The Labute approximate surface area is 251 Å². The van der Waals surface area contributed by atoms with Gasteiger partial charge in [-0.25, -0.2) is 8.78 Å². The van der Waals surface area contributed by atoms with Gasteiger partial charge >= 0.3 is 12.4 Å². The minimum absolute atomic E-state index is 0.0294. The number of carbonyl (C=O) groups excluding carboxylic acids is 2. The standard InChI is InChI=1S/C28H30F8N6O3/c1-13(2)23(43)37-11-14-3-8-18(28(34,35)36)19(9-14)39-26-40-20-10-17(25(41-22(20)42-26)45-12-21(29)30)24(44)38-16-6-4-15(5-7-16)27(31,32)33/h3,8-10,13,15-16,21H,4-7,11-12H2,1-2H3,(H,37,43)(H,38,44)(H2,39,40,41,42). The van der Waals surface area contributed by atoms with Crippen molar-refractivity contribution in [3.05, 3.63) is 41.0 Å². The van der Waals surface area contributed by atoms with Gasteiger partial charge in [-0.3, -0.25) is 9.59 Å². The molecule has 2 amide bonds. The monoisotopic (exact) mass is 650 g/mol. The number of aromatic nitrogens is 3. The smallest absolute Gasteiger partial charge is 0.418 e. The summed E-state index contributed by atoms with van der Waals surface area (Å²) in [6, 6.07) is 3.75. The topological polar surface area (TPSA) is 121 Å². The summed E-state index contributed by atoms with van der Waals surface area (Å²) in [5.74, 6) is -3.75. The Morgan fingerprint density at radius 1 is 1.02 bits per heavy atom. The highest BCUT2D eigenvalue weighted by molar-refractivity contribution is 5.99. The van der Waals surface area contributed by atoms with Crippen molar-refractivity contribution in [3.63, 3.8) is 0 Å². The third kappa shape index (κ3) is 8.72. The first kappa shape index (κ1) is 33.7. The number of alkyl halides is 8. The van der Waals surface area contributed by atoms with E-state index in [1.807, 2.05) is 0 Å². The third-order valence-corrected chi connectivity index (χ3v) is 7.19. The number of nitrogens with one attached hydrogen (secondary N) is 4. The predicted molar refractivity (Wildman–Crippen MR) is 146 cm³/mol. The van der Waals surface area contributed by atoms with Crippen molar-refractivity contribution in [3.8, 4) is 5.88 Å². The zero-order chi connectivity index (χ0) is 33.1. The highest BCUT2D eigenvalue weighted by Gasteiger charge is 2.41. The molecule has 1 saturated carbocycles. The second-order valence-electron chi connectivity index (χ2n) is 10.9. The van der Waals surface area contributed by atoms with Crippen molar-refractivity contribution < 1.29 is 49.4 Å². The zero-order valence-electron chi connectivity index (χ0n) is 24.0. The van der Waals surface area contributed by atoms with Crippen LogP contribution in [0.5, 0.6) is 5.88 Å². The summed E-state index contributed by atoms with van der Waals surface area (Å²) in [7, 11) is 0. The number of nitrogens with zero attached hydrogens (tertiary/aromatic N) is 2. The molecule has 4 rings (SSSR count). The first-order valence-electron chi connectivity index (χ1n) is 14.0. The van der Waals surface area contributed by atoms with Gasteiger partial charge in [-0.2, -0.15) is 36.3 Å². The third-order valence-electron chi connectivity index (χ3n) is 7.19. The molecule has 3 aromatic rings. The number of imidazole rings is 1. The number of amides is 2. The number of hydrogen-bond acceptors (Lipinski definition) is 6. The normalized spacial score (nSPS) is 17.5. The lowest BCUT2D eigenvalue weighted by Crippen LogP contribution is -2.40. The van der Waals surface area contributed by atoms with E-state index in [1.165, 1.54) is 12.1 Å². The van der Waals surface area contributed by atoms with Crippen LogP contribution in [0.1, 0.15) is 61.0 Å². The van der Waals surface area contributed by atoms with Gasteiger partial charge in [0.25, 0.3) is 12.3 Å². The molecule has 1 aliphatic carbocycles. The second kappa shape index (κ2) is 13.4. The van der Waals surface area contributed by atoms with Crippen LogP contribution < -0.4 is 20.7 Å². The Hall–Kier alpha value is -4.18. The first-order chi connectivity index (χ1) is 21.0. The number of aromatic amines is 1. The fraction of sp³-hybridized carbons (Fsp3) is 0.500. The molecule has 0 bridgehead atoms. The lowest BCUT2D eigenvalue weighted by molar-refractivity contribution is -0.182. The summed E-state index contributed by atoms with van der Waals surface area (Å²) in [6.07, 6.45) is -12.4. The predicted octanol–water partition coefficient (Wildman–Crippen LogP) is 6.49. The van der Waals surface area contributed by atoms with E-state index in [4.69, 9.17) is 4.74 Å². The van der Waals surface area contributed by atoms with Gasteiger partial charge in [0.05, 0.1) is 22.7 Å². The maximum atomic E-state index is 13.8. The molecule has 2 heterocycles. The first-order valence-corrected chi connectivity index (χ1v) is 14.0. The zero-order valence-corrected chi connectivity index (χ0v) is 24.0. The van der Waals surface area contributed by atoms with Gasteiger partial charge in [0, 0.05) is 18.5 Å². The quantitative estimate of drug-likeness (QED) is 0.186. The fourth-order valence-corrected chi connectivity index (χ4v) is 4.80. The van der Waals surface area contributed by atoms with E-state index in [9.17, 15) is 44.7 Å². The Balaban J connectivity index is 1.60. The Morgan fingerprint density at radius 2 is 1.71 bits per heavy atom. The van der Waals surface area contributed by atoms with Crippen molar-refractivity contribution in [2.24, 2.45) is 11.8 Å². The number of halogens is 8. The van der Waals surface area contributed by atoms with E-state index in [1.54, 1.807) is 13.8 Å². The number of pyridine rings is 1. The van der Waals surface area contributed by atoms with Crippen molar-refractivity contribution in [2.75, 3.05) is 11.9 Å². The minimum Gasteiger partial charge on any atom is -0.471 e. The number of benzene rings is 1. The molecular formula is C28H30F8N6O3. The summed E-state index contributed by atoms with van der Waals surface area (Å²) in [4.78, 5) is 35.8. The molecule has 0 saturated heterocycles. The molecule has 246 valence electrons. The van der Waals surface area contributed by atoms with E-state index in [0.29, 0.717) is 5.56 Å². The molecule has 45 heavy (non-hydrogen) atoms. The number of fused-ring (bicyclic) bond motifs is 1. The number of carbonyl (C=O) groups is 2. The highest BCUT2D eigenvalue weighted by atomic mass is 19.4. The highest BCUT2D eigenvalue weighted by Crippen LogP contribution is 2.38. The average molecular weight is 651 g/mol. The van der Waals surface area contributed by atoms with E-state index < -0.39 is 60.4 Å². The van der Waals surface area contributed by atoms with Crippen LogP contribution in [0.2, 0.25) is 0 Å². The van der Waals surface area contributed by atoms with Crippen LogP contribution in [-0.4, -0.2) is 52.0 Å². The maximum absolute atomic E-state index is 13.8. The SMILES string of the molecule is CC(C)C(=O)NCc1ccc(C(F)(F)F)c(Nc2nc3nc(OCC(F)F)c(C(=O)NC4CCC(C(F)(F)F)CC4)cc3[nH]2)c1. The van der Waals surface area contributed by atoms with E-state index in [-0.39, 0.29) is 66.7 Å². The Bertz CT molecular complexity index is 1510. The van der Waals surface area contributed by atoms with Gasteiger partial charge in [0.1, 0.15) is 5.56 Å².